The third-order valence-electron chi connectivity index (χ3n) is 4.25. The van der Waals surface area contributed by atoms with Gasteiger partial charge in [-0.2, -0.15) is 5.10 Å². The van der Waals surface area contributed by atoms with E-state index in [1.165, 1.54) is 0 Å². The minimum Gasteiger partial charge on any atom is -0.396 e. The Balaban J connectivity index is 1.86. The number of aromatic nitrogens is 2. The first-order chi connectivity index (χ1) is 11.1. The monoisotopic (exact) mass is 333 g/mol. The van der Waals surface area contributed by atoms with Crippen LogP contribution in [-0.4, -0.2) is 45.4 Å². The van der Waals surface area contributed by atoms with E-state index in [1.807, 2.05) is 25.1 Å². The lowest BCUT2D eigenvalue weighted by molar-refractivity contribution is 0.0614. The molecule has 0 aliphatic carbocycles. The average molecular weight is 334 g/mol. The first-order valence-corrected chi connectivity index (χ1v) is 8.19. The van der Waals surface area contributed by atoms with Crippen molar-refractivity contribution in [2.45, 2.75) is 19.8 Å². The molecule has 2 aromatic rings. The number of aliphatic hydroxyl groups is 1. The Kier molecular flexibility index (Phi) is 4.68. The van der Waals surface area contributed by atoms with E-state index < -0.39 is 0 Å². The second-order valence-corrected chi connectivity index (χ2v) is 6.38. The van der Waals surface area contributed by atoms with Crippen molar-refractivity contribution in [1.29, 1.82) is 0 Å². The van der Waals surface area contributed by atoms with Gasteiger partial charge in [0, 0.05) is 25.4 Å². The minimum atomic E-state index is -0.0861. The number of aliphatic hydroxyl groups excluding tert-OH is 1. The van der Waals surface area contributed by atoms with E-state index in [-0.39, 0.29) is 18.4 Å². The van der Waals surface area contributed by atoms with Crippen LogP contribution in [0.15, 0.2) is 30.3 Å². The number of carbonyl (C=O) groups excluding carboxylic acids is 1. The highest BCUT2D eigenvalue weighted by Gasteiger charge is 2.26. The van der Waals surface area contributed by atoms with E-state index in [0.717, 1.165) is 24.2 Å². The molecule has 1 aliphatic rings. The molecular formula is C17H20ClN3O2. The number of rotatable bonds is 3. The molecule has 3 rings (SSSR count). The van der Waals surface area contributed by atoms with Crippen LogP contribution in [0.1, 0.15) is 29.0 Å². The molecule has 1 aliphatic heterocycles. The highest BCUT2D eigenvalue weighted by molar-refractivity contribution is 6.32. The van der Waals surface area contributed by atoms with Crippen LogP contribution in [0.4, 0.5) is 0 Å². The van der Waals surface area contributed by atoms with Gasteiger partial charge in [-0.05, 0) is 43.9 Å². The fraction of sp³-hybridized carbons (Fsp3) is 0.412. The van der Waals surface area contributed by atoms with E-state index in [0.29, 0.717) is 23.8 Å². The van der Waals surface area contributed by atoms with Crippen molar-refractivity contribution in [3.05, 3.63) is 46.7 Å². The molecular weight excluding hydrogens is 314 g/mol. The topological polar surface area (TPSA) is 58.4 Å². The number of halogens is 1. The number of benzene rings is 1. The van der Waals surface area contributed by atoms with Crippen molar-refractivity contribution in [2.24, 2.45) is 5.92 Å². The Bertz CT molecular complexity index is 714. The number of carbonyl (C=O) groups is 1. The number of hydrogen-bond acceptors (Lipinski definition) is 3. The maximum atomic E-state index is 12.7. The molecule has 0 saturated carbocycles. The molecule has 6 heteroatoms. The molecule has 1 aromatic carbocycles. The van der Waals surface area contributed by atoms with Crippen LogP contribution in [-0.2, 0) is 0 Å². The number of piperidine rings is 1. The van der Waals surface area contributed by atoms with Crippen LogP contribution in [0, 0.1) is 12.8 Å². The van der Waals surface area contributed by atoms with Crippen LogP contribution >= 0.6 is 11.6 Å². The lowest BCUT2D eigenvalue weighted by atomic mass is 9.99. The van der Waals surface area contributed by atoms with Gasteiger partial charge in [0.2, 0.25) is 0 Å². The summed E-state index contributed by atoms with van der Waals surface area (Å²) < 4.78 is 1.70. The van der Waals surface area contributed by atoms with Gasteiger partial charge in [0.15, 0.2) is 5.69 Å². The summed E-state index contributed by atoms with van der Waals surface area (Å²) in [5.74, 6) is 0.0801. The van der Waals surface area contributed by atoms with Crippen molar-refractivity contribution in [3.8, 4) is 5.69 Å². The van der Waals surface area contributed by atoms with E-state index in [4.69, 9.17) is 11.6 Å². The molecule has 1 aromatic heterocycles. The first-order valence-electron chi connectivity index (χ1n) is 7.82. The summed E-state index contributed by atoms with van der Waals surface area (Å²) in [4.78, 5) is 14.5. The van der Waals surface area contributed by atoms with Gasteiger partial charge in [0.25, 0.3) is 5.91 Å². The Labute approximate surface area is 140 Å². The second-order valence-electron chi connectivity index (χ2n) is 5.98. The summed E-state index contributed by atoms with van der Waals surface area (Å²) in [7, 11) is 0. The fourth-order valence-electron chi connectivity index (χ4n) is 3.01. The molecule has 1 N–H and O–H groups in total. The SMILES string of the molecule is Cc1cc(C(=O)N2CCCC(CO)C2)nn1-c1ccccc1Cl. The van der Waals surface area contributed by atoms with Crippen molar-refractivity contribution in [1.82, 2.24) is 14.7 Å². The van der Waals surface area contributed by atoms with Crippen molar-refractivity contribution >= 4 is 17.5 Å². The molecule has 122 valence electrons. The van der Waals surface area contributed by atoms with Crippen molar-refractivity contribution in [3.63, 3.8) is 0 Å². The fourth-order valence-corrected chi connectivity index (χ4v) is 3.22. The molecule has 1 fully saturated rings. The molecule has 1 saturated heterocycles. The quantitative estimate of drug-likeness (QED) is 0.939. The van der Waals surface area contributed by atoms with Gasteiger partial charge < -0.3 is 10.0 Å². The van der Waals surface area contributed by atoms with Gasteiger partial charge in [-0.3, -0.25) is 4.79 Å². The smallest absolute Gasteiger partial charge is 0.274 e. The number of para-hydroxylation sites is 1. The summed E-state index contributed by atoms with van der Waals surface area (Å²) in [6, 6.07) is 9.21. The largest absolute Gasteiger partial charge is 0.396 e. The lowest BCUT2D eigenvalue weighted by Gasteiger charge is -2.31. The van der Waals surface area contributed by atoms with Crippen LogP contribution in [0.3, 0.4) is 0 Å². The zero-order chi connectivity index (χ0) is 16.4. The number of likely N-dealkylation sites (tertiary alicyclic amines) is 1. The van der Waals surface area contributed by atoms with E-state index >= 15 is 0 Å². The second kappa shape index (κ2) is 6.72. The first kappa shape index (κ1) is 16.0. The molecule has 0 spiro atoms. The zero-order valence-electron chi connectivity index (χ0n) is 13.1. The van der Waals surface area contributed by atoms with Gasteiger partial charge in [0.05, 0.1) is 10.7 Å². The standard InChI is InChI=1S/C17H20ClN3O2/c1-12-9-15(17(23)20-8-4-5-13(10-20)11-22)19-21(12)16-7-3-2-6-14(16)18/h2-3,6-7,9,13,22H,4-5,8,10-11H2,1H3. The van der Waals surface area contributed by atoms with Gasteiger partial charge in [-0.15, -0.1) is 0 Å². The highest BCUT2D eigenvalue weighted by atomic mass is 35.5. The molecule has 1 unspecified atom stereocenters. The maximum Gasteiger partial charge on any atom is 0.274 e. The third kappa shape index (κ3) is 3.26. The number of amides is 1. The highest BCUT2D eigenvalue weighted by Crippen LogP contribution is 2.23. The van der Waals surface area contributed by atoms with Crippen LogP contribution < -0.4 is 0 Å². The average Bonchev–Trinajstić information content (AvgIpc) is 2.96. The van der Waals surface area contributed by atoms with Crippen LogP contribution in [0.25, 0.3) is 5.69 Å². The van der Waals surface area contributed by atoms with Gasteiger partial charge in [-0.1, -0.05) is 23.7 Å². The molecule has 1 atom stereocenters. The van der Waals surface area contributed by atoms with Gasteiger partial charge in [-0.25, -0.2) is 4.68 Å². The summed E-state index contributed by atoms with van der Waals surface area (Å²) in [6.45, 7) is 3.33. The van der Waals surface area contributed by atoms with Crippen LogP contribution in [0.5, 0.6) is 0 Å². The maximum absolute atomic E-state index is 12.7. The summed E-state index contributed by atoms with van der Waals surface area (Å²) in [5.41, 5.74) is 2.04. The minimum absolute atomic E-state index is 0.0861. The number of aryl methyl sites for hydroxylation is 1. The number of hydrogen-bond donors (Lipinski definition) is 1. The van der Waals surface area contributed by atoms with Crippen molar-refractivity contribution in [2.75, 3.05) is 19.7 Å². The van der Waals surface area contributed by atoms with Gasteiger partial charge >= 0.3 is 0 Å². The molecule has 23 heavy (non-hydrogen) atoms. The summed E-state index contributed by atoms with van der Waals surface area (Å²) in [5, 5.41) is 14.4. The van der Waals surface area contributed by atoms with Gasteiger partial charge in [0.1, 0.15) is 0 Å². The lowest BCUT2D eigenvalue weighted by Crippen LogP contribution is -2.41. The Morgan fingerprint density at radius 3 is 2.96 bits per heavy atom. The molecule has 1 amide bonds. The molecule has 5 nitrogen and oxygen atoms in total. The van der Waals surface area contributed by atoms with E-state index in [2.05, 4.69) is 5.10 Å². The third-order valence-corrected chi connectivity index (χ3v) is 4.57. The summed E-state index contributed by atoms with van der Waals surface area (Å²) >= 11 is 6.22. The Morgan fingerprint density at radius 1 is 1.43 bits per heavy atom. The van der Waals surface area contributed by atoms with E-state index in [9.17, 15) is 9.90 Å². The normalized spacial score (nSPS) is 18.2. The predicted molar refractivity (Wildman–Crippen MR) is 89.0 cm³/mol. The van der Waals surface area contributed by atoms with E-state index in [1.54, 1.807) is 21.7 Å². The van der Waals surface area contributed by atoms with Crippen molar-refractivity contribution < 1.29 is 9.90 Å². The van der Waals surface area contributed by atoms with Crippen LogP contribution in [0.2, 0.25) is 5.02 Å². The molecule has 2 heterocycles. The Hall–Kier alpha value is -1.85. The number of nitrogens with zero attached hydrogens (tertiary/aromatic N) is 3. The Morgan fingerprint density at radius 2 is 2.22 bits per heavy atom. The molecule has 0 bridgehead atoms. The zero-order valence-corrected chi connectivity index (χ0v) is 13.8. The predicted octanol–water partition coefficient (Wildman–Crippen LogP) is 2.68. The summed E-state index contributed by atoms with van der Waals surface area (Å²) in [6.07, 6.45) is 1.88. The molecule has 0 radical (unpaired) electrons.